The maximum absolute atomic E-state index is 11.7. The van der Waals surface area contributed by atoms with E-state index in [2.05, 4.69) is 5.32 Å². The van der Waals surface area contributed by atoms with Crippen LogP contribution in [-0.4, -0.2) is 24.5 Å². The van der Waals surface area contributed by atoms with Gasteiger partial charge in [0.2, 0.25) is 5.91 Å². The predicted octanol–water partition coefficient (Wildman–Crippen LogP) is 2.27. The lowest BCUT2D eigenvalue weighted by Crippen LogP contribution is -2.40. The number of carbonyl (C=O) groups excluding carboxylic acids is 2. The molecule has 18 heavy (non-hydrogen) atoms. The van der Waals surface area contributed by atoms with Crippen molar-refractivity contribution in [3.05, 3.63) is 0 Å². The van der Waals surface area contributed by atoms with Crippen molar-refractivity contribution in [2.75, 3.05) is 6.61 Å². The number of ether oxygens (including phenoxy) is 1. The van der Waals surface area contributed by atoms with Crippen molar-refractivity contribution in [3.63, 3.8) is 0 Å². The second-order valence-electron chi connectivity index (χ2n) is 5.67. The summed E-state index contributed by atoms with van der Waals surface area (Å²) in [6, 6.07) is -0.544. The fraction of sp³-hybridized carbons (Fsp3) is 0.857. The summed E-state index contributed by atoms with van der Waals surface area (Å²) >= 11 is 0. The number of amides is 1. The maximum Gasteiger partial charge on any atom is 0.328 e. The molecule has 0 heterocycles. The SMILES string of the molecule is CC(C)COC(=O)[C@@H](C)NC(=O)CC1CCCC1. The van der Waals surface area contributed by atoms with Crippen LogP contribution >= 0.6 is 0 Å². The first-order valence-electron chi connectivity index (χ1n) is 6.95. The van der Waals surface area contributed by atoms with Gasteiger partial charge in [0, 0.05) is 6.42 Å². The van der Waals surface area contributed by atoms with Gasteiger partial charge in [0.15, 0.2) is 0 Å². The van der Waals surface area contributed by atoms with Crippen molar-refractivity contribution in [3.8, 4) is 0 Å². The third-order valence-corrected chi connectivity index (χ3v) is 3.24. The van der Waals surface area contributed by atoms with Crippen LogP contribution in [0.5, 0.6) is 0 Å². The van der Waals surface area contributed by atoms with Gasteiger partial charge in [-0.05, 0) is 31.6 Å². The van der Waals surface area contributed by atoms with E-state index in [1.54, 1.807) is 6.92 Å². The summed E-state index contributed by atoms with van der Waals surface area (Å²) in [5.74, 6) is 0.443. The Morgan fingerprint density at radius 3 is 2.39 bits per heavy atom. The molecule has 0 aromatic carbocycles. The van der Waals surface area contributed by atoms with E-state index in [-0.39, 0.29) is 11.9 Å². The van der Waals surface area contributed by atoms with Gasteiger partial charge in [0.25, 0.3) is 0 Å². The van der Waals surface area contributed by atoms with Crippen molar-refractivity contribution >= 4 is 11.9 Å². The zero-order valence-electron chi connectivity index (χ0n) is 11.7. The number of hydrogen-bond acceptors (Lipinski definition) is 3. The Bertz CT molecular complexity index is 283. The van der Waals surface area contributed by atoms with E-state index in [9.17, 15) is 9.59 Å². The third kappa shape index (κ3) is 5.52. The normalized spacial score (nSPS) is 17.8. The van der Waals surface area contributed by atoms with Crippen LogP contribution in [0.2, 0.25) is 0 Å². The highest BCUT2D eigenvalue weighted by Gasteiger charge is 2.22. The minimum atomic E-state index is -0.544. The molecule has 0 unspecified atom stereocenters. The molecule has 0 aromatic rings. The number of carbonyl (C=O) groups is 2. The molecule has 0 aromatic heterocycles. The predicted molar refractivity (Wildman–Crippen MR) is 70.0 cm³/mol. The molecule has 0 radical (unpaired) electrons. The van der Waals surface area contributed by atoms with Gasteiger partial charge in [0.05, 0.1) is 6.61 Å². The first kappa shape index (κ1) is 15.0. The highest BCUT2D eigenvalue weighted by Crippen LogP contribution is 2.27. The zero-order valence-corrected chi connectivity index (χ0v) is 11.7. The number of nitrogens with one attached hydrogen (secondary N) is 1. The maximum atomic E-state index is 11.7. The van der Waals surface area contributed by atoms with E-state index in [4.69, 9.17) is 4.74 Å². The van der Waals surface area contributed by atoms with Crippen LogP contribution < -0.4 is 5.32 Å². The first-order valence-corrected chi connectivity index (χ1v) is 6.95. The van der Waals surface area contributed by atoms with Gasteiger partial charge in [-0.15, -0.1) is 0 Å². The molecule has 1 aliphatic carbocycles. The molecule has 0 saturated heterocycles. The summed E-state index contributed by atoms with van der Waals surface area (Å²) in [6.07, 6.45) is 5.27. The van der Waals surface area contributed by atoms with Crippen molar-refractivity contribution in [2.24, 2.45) is 11.8 Å². The molecule has 0 aliphatic heterocycles. The standard InChI is InChI=1S/C14H25NO3/c1-10(2)9-18-14(17)11(3)15-13(16)8-12-6-4-5-7-12/h10-12H,4-9H2,1-3H3,(H,15,16)/t11-/m1/s1. The second-order valence-corrected chi connectivity index (χ2v) is 5.67. The Balaban J connectivity index is 2.23. The Labute approximate surface area is 109 Å². The van der Waals surface area contributed by atoms with E-state index < -0.39 is 6.04 Å². The molecule has 4 heteroatoms. The van der Waals surface area contributed by atoms with E-state index in [1.807, 2.05) is 13.8 Å². The topological polar surface area (TPSA) is 55.4 Å². The molecular formula is C14H25NO3. The Morgan fingerprint density at radius 1 is 1.22 bits per heavy atom. The van der Waals surface area contributed by atoms with E-state index >= 15 is 0 Å². The smallest absolute Gasteiger partial charge is 0.328 e. The second kappa shape index (κ2) is 7.39. The Kier molecular flexibility index (Phi) is 6.16. The molecule has 1 fully saturated rings. The molecule has 1 amide bonds. The largest absolute Gasteiger partial charge is 0.464 e. The molecule has 1 N–H and O–H groups in total. The molecule has 1 atom stereocenters. The van der Waals surface area contributed by atoms with E-state index in [0.717, 1.165) is 12.8 Å². The lowest BCUT2D eigenvalue weighted by molar-refractivity contribution is -0.148. The molecule has 0 bridgehead atoms. The summed E-state index contributed by atoms with van der Waals surface area (Å²) in [5, 5.41) is 2.72. The van der Waals surface area contributed by atoms with Crippen molar-refractivity contribution in [1.82, 2.24) is 5.32 Å². The average Bonchev–Trinajstić information content (AvgIpc) is 2.78. The van der Waals surface area contributed by atoms with Gasteiger partial charge in [-0.1, -0.05) is 26.7 Å². The van der Waals surface area contributed by atoms with Crippen molar-refractivity contribution < 1.29 is 14.3 Å². The molecular weight excluding hydrogens is 230 g/mol. The number of rotatable bonds is 6. The third-order valence-electron chi connectivity index (χ3n) is 3.24. The fourth-order valence-electron chi connectivity index (χ4n) is 2.21. The molecule has 0 spiro atoms. The van der Waals surface area contributed by atoms with Crippen LogP contribution in [0.25, 0.3) is 0 Å². The summed E-state index contributed by atoms with van der Waals surface area (Å²) in [5.41, 5.74) is 0. The highest BCUT2D eigenvalue weighted by atomic mass is 16.5. The summed E-state index contributed by atoms with van der Waals surface area (Å²) in [7, 11) is 0. The van der Waals surface area contributed by atoms with Gasteiger partial charge in [-0.2, -0.15) is 0 Å². The Hall–Kier alpha value is -1.06. The molecule has 4 nitrogen and oxygen atoms in total. The minimum Gasteiger partial charge on any atom is -0.464 e. The van der Waals surface area contributed by atoms with Crippen LogP contribution in [0, 0.1) is 11.8 Å². The van der Waals surface area contributed by atoms with Crippen LogP contribution in [0.1, 0.15) is 52.9 Å². The minimum absolute atomic E-state index is 0.0316. The Morgan fingerprint density at radius 2 is 1.83 bits per heavy atom. The van der Waals surface area contributed by atoms with E-state index in [1.165, 1.54) is 12.8 Å². The van der Waals surface area contributed by atoms with Gasteiger partial charge >= 0.3 is 5.97 Å². The average molecular weight is 255 g/mol. The summed E-state index contributed by atoms with van der Waals surface area (Å²) in [4.78, 5) is 23.3. The molecule has 1 saturated carbocycles. The number of hydrogen-bond donors (Lipinski definition) is 1. The monoisotopic (exact) mass is 255 g/mol. The first-order chi connectivity index (χ1) is 8.49. The summed E-state index contributed by atoms with van der Waals surface area (Å²) < 4.78 is 5.08. The molecule has 104 valence electrons. The summed E-state index contributed by atoms with van der Waals surface area (Å²) in [6.45, 7) is 6.05. The molecule has 1 aliphatic rings. The highest BCUT2D eigenvalue weighted by molar-refractivity contribution is 5.84. The quantitative estimate of drug-likeness (QED) is 0.741. The fourth-order valence-corrected chi connectivity index (χ4v) is 2.21. The van der Waals surface area contributed by atoms with Gasteiger partial charge < -0.3 is 10.1 Å². The van der Waals surface area contributed by atoms with E-state index in [0.29, 0.717) is 24.9 Å². The number of esters is 1. The van der Waals surface area contributed by atoms with Crippen molar-refractivity contribution in [1.29, 1.82) is 0 Å². The van der Waals surface area contributed by atoms with Crippen LogP contribution in [0.15, 0.2) is 0 Å². The van der Waals surface area contributed by atoms with Crippen molar-refractivity contribution in [2.45, 2.75) is 58.9 Å². The lowest BCUT2D eigenvalue weighted by Gasteiger charge is -2.15. The molecule has 1 rings (SSSR count). The van der Waals surface area contributed by atoms with Gasteiger partial charge in [-0.3, -0.25) is 4.79 Å². The van der Waals surface area contributed by atoms with Gasteiger partial charge in [0.1, 0.15) is 6.04 Å². The van der Waals surface area contributed by atoms with Crippen LogP contribution in [0.4, 0.5) is 0 Å². The lowest BCUT2D eigenvalue weighted by atomic mass is 10.0. The van der Waals surface area contributed by atoms with Gasteiger partial charge in [-0.25, -0.2) is 4.79 Å². The zero-order chi connectivity index (χ0) is 13.5. The van der Waals surface area contributed by atoms with Crippen LogP contribution in [-0.2, 0) is 14.3 Å². The van der Waals surface area contributed by atoms with Crippen LogP contribution in [0.3, 0.4) is 0 Å².